The molecule has 1 aromatic carbocycles. The summed E-state index contributed by atoms with van der Waals surface area (Å²) in [6.45, 7) is 0.642. The lowest BCUT2D eigenvalue weighted by molar-refractivity contribution is 0.417. The summed E-state index contributed by atoms with van der Waals surface area (Å²) < 4.78 is 33.9. The van der Waals surface area contributed by atoms with E-state index in [-0.39, 0.29) is 12.1 Å². The summed E-state index contributed by atoms with van der Waals surface area (Å²) in [5.74, 6) is 0.386. The third-order valence-electron chi connectivity index (χ3n) is 6.10. The van der Waals surface area contributed by atoms with Crippen molar-refractivity contribution in [1.82, 2.24) is 19.9 Å². The van der Waals surface area contributed by atoms with Crippen LogP contribution >= 0.6 is 12.2 Å². The molecule has 0 spiro atoms. The Morgan fingerprint density at radius 1 is 1.11 bits per heavy atom. The van der Waals surface area contributed by atoms with Crippen molar-refractivity contribution < 1.29 is 13.2 Å². The molecule has 1 saturated heterocycles. The Balaban J connectivity index is 1.60. The first-order valence-corrected chi connectivity index (χ1v) is 13.8. The molecule has 0 aliphatic carbocycles. The molecule has 2 unspecified atom stereocenters. The van der Waals surface area contributed by atoms with Gasteiger partial charge in [0.25, 0.3) is 0 Å². The van der Waals surface area contributed by atoms with Crippen LogP contribution in [0.2, 0.25) is 0 Å². The smallest absolute Gasteiger partial charge is 0.229 e. The molecule has 190 valence electrons. The van der Waals surface area contributed by atoms with Crippen molar-refractivity contribution in [3.8, 4) is 5.75 Å². The second-order valence-corrected chi connectivity index (χ2v) is 10.8. The summed E-state index contributed by atoms with van der Waals surface area (Å²) in [5.41, 5.74) is 4.07. The van der Waals surface area contributed by atoms with E-state index in [0.29, 0.717) is 23.1 Å². The molecule has 11 heteroatoms. The fourth-order valence-electron chi connectivity index (χ4n) is 4.58. The number of rotatable bonds is 8. The Kier molecular flexibility index (Phi) is 6.81. The Morgan fingerprint density at radius 2 is 1.97 bits per heavy atom. The summed E-state index contributed by atoms with van der Waals surface area (Å²) >= 11 is 5.84. The second kappa shape index (κ2) is 10.2. The van der Waals surface area contributed by atoms with Crippen molar-refractivity contribution >= 4 is 38.7 Å². The van der Waals surface area contributed by atoms with Gasteiger partial charge in [0.1, 0.15) is 11.8 Å². The quantitative estimate of drug-likeness (QED) is 0.329. The van der Waals surface area contributed by atoms with E-state index < -0.39 is 10.0 Å². The predicted molar refractivity (Wildman–Crippen MR) is 147 cm³/mol. The van der Waals surface area contributed by atoms with Crippen LogP contribution in [0.3, 0.4) is 0 Å². The number of sulfonamides is 1. The van der Waals surface area contributed by atoms with Crippen LogP contribution in [0.25, 0.3) is 0 Å². The molecule has 1 aliphatic heterocycles. The fraction of sp³-hybridized carbons (Fsp3) is 0.192. The number of nitrogens with one attached hydrogen (secondary N) is 2. The highest BCUT2D eigenvalue weighted by Crippen LogP contribution is 2.43. The first-order chi connectivity index (χ1) is 17.8. The van der Waals surface area contributed by atoms with E-state index in [4.69, 9.17) is 17.0 Å². The fourth-order valence-corrected chi connectivity index (χ4v) is 5.49. The van der Waals surface area contributed by atoms with E-state index in [2.05, 4.69) is 30.6 Å². The summed E-state index contributed by atoms with van der Waals surface area (Å²) in [4.78, 5) is 10.9. The molecule has 0 amide bonds. The lowest BCUT2D eigenvalue weighted by atomic mass is 10.0. The molecular weight excluding hydrogens is 508 g/mol. The molecule has 0 bridgehead atoms. The van der Waals surface area contributed by atoms with Gasteiger partial charge < -0.3 is 19.5 Å². The third kappa shape index (κ3) is 5.27. The molecule has 2 N–H and O–H groups in total. The Labute approximate surface area is 221 Å². The topological polar surface area (TPSA) is 101 Å². The zero-order chi connectivity index (χ0) is 26.0. The van der Waals surface area contributed by atoms with Crippen molar-refractivity contribution in [2.24, 2.45) is 0 Å². The van der Waals surface area contributed by atoms with Crippen LogP contribution in [0.15, 0.2) is 85.5 Å². The molecule has 1 aliphatic rings. The Bertz CT molecular complexity index is 1510. The summed E-state index contributed by atoms with van der Waals surface area (Å²) in [5, 5.41) is 3.98. The molecule has 9 nitrogen and oxygen atoms in total. The molecule has 0 radical (unpaired) electrons. The summed E-state index contributed by atoms with van der Waals surface area (Å²) in [7, 11) is -1.98. The van der Waals surface area contributed by atoms with Crippen molar-refractivity contribution in [2.75, 3.05) is 23.0 Å². The molecule has 4 heterocycles. The minimum atomic E-state index is -3.48. The van der Waals surface area contributed by atoms with Crippen LogP contribution in [-0.2, 0) is 16.6 Å². The van der Waals surface area contributed by atoms with E-state index in [1.165, 1.54) is 7.11 Å². The van der Waals surface area contributed by atoms with E-state index in [9.17, 15) is 8.42 Å². The highest BCUT2D eigenvalue weighted by molar-refractivity contribution is 7.92. The van der Waals surface area contributed by atoms with Gasteiger partial charge in [-0.1, -0.05) is 12.1 Å². The lowest BCUT2D eigenvalue weighted by Gasteiger charge is -2.29. The molecule has 0 saturated carbocycles. The van der Waals surface area contributed by atoms with Gasteiger partial charge in [0, 0.05) is 48.8 Å². The van der Waals surface area contributed by atoms with Gasteiger partial charge in [-0.05, 0) is 60.2 Å². The number of methoxy groups -OCH3 is 1. The number of hydrogen-bond donors (Lipinski definition) is 2. The summed E-state index contributed by atoms with van der Waals surface area (Å²) in [6, 6.07) is 18.7. The Hall–Kier alpha value is -3.96. The molecule has 3 aromatic heterocycles. The highest BCUT2D eigenvalue weighted by Gasteiger charge is 2.42. The van der Waals surface area contributed by atoms with Gasteiger partial charge in [-0.15, -0.1) is 0 Å². The van der Waals surface area contributed by atoms with Crippen molar-refractivity contribution in [2.45, 2.75) is 18.6 Å². The first kappa shape index (κ1) is 24.7. The van der Waals surface area contributed by atoms with Gasteiger partial charge in [-0.25, -0.2) is 8.42 Å². The minimum absolute atomic E-state index is 0.226. The SMILES string of the molecule is COc1cc(N2C(=S)NC(c3ccccn3)C2c2cccn2Cc2cccnc2)ccc1NS(C)(=O)=O. The van der Waals surface area contributed by atoms with Crippen molar-refractivity contribution in [1.29, 1.82) is 0 Å². The lowest BCUT2D eigenvalue weighted by Crippen LogP contribution is -2.30. The number of anilines is 2. The average Bonchev–Trinajstić information content (AvgIpc) is 3.48. The number of hydrogen-bond acceptors (Lipinski definition) is 6. The van der Waals surface area contributed by atoms with Gasteiger partial charge in [0.05, 0.1) is 30.8 Å². The number of pyridine rings is 2. The number of aromatic nitrogens is 3. The number of ether oxygens (including phenoxy) is 1. The van der Waals surface area contributed by atoms with Crippen LogP contribution in [0, 0.1) is 0 Å². The maximum Gasteiger partial charge on any atom is 0.229 e. The van der Waals surface area contributed by atoms with E-state index in [0.717, 1.165) is 28.9 Å². The normalized spacial score (nSPS) is 17.5. The molecule has 5 rings (SSSR count). The molecular formula is C26H26N6O3S2. The second-order valence-electron chi connectivity index (χ2n) is 8.68. The maximum atomic E-state index is 11.8. The van der Waals surface area contributed by atoms with E-state index in [1.807, 2.05) is 59.8 Å². The molecule has 4 aromatic rings. The van der Waals surface area contributed by atoms with Crippen LogP contribution < -0.4 is 19.7 Å². The van der Waals surface area contributed by atoms with Crippen molar-refractivity contribution in [3.05, 3.63) is 102 Å². The number of benzene rings is 1. The van der Waals surface area contributed by atoms with E-state index in [1.54, 1.807) is 24.5 Å². The van der Waals surface area contributed by atoms with Gasteiger partial charge in [-0.2, -0.15) is 0 Å². The maximum absolute atomic E-state index is 11.8. The minimum Gasteiger partial charge on any atom is -0.494 e. The number of nitrogens with zero attached hydrogens (tertiary/aromatic N) is 4. The zero-order valence-corrected chi connectivity index (χ0v) is 21.9. The van der Waals surface area contributed by atoms with Gasteiger partial charge in [0.2, 0.25) is 10.0 Å². The zero-order valence-electron chi connectivity index (χ0n) is 20.3. The molecule has 1 fully saturated rings. The van der Waals surface area contributed by atoms with Crippen LogP contribution in [0.1, 0.15) is 29.0 Å². The van der Waals surface area contributed by atoms with Gasteiger partial charge >= 0.3 is 0 Å². The summed E-state index contributed by atoms with van der Waals surface area (Å²) in [6.07, 6.45) is 8.52. The highest BCUT2D eigenvalue weighted by atomic mass is 32.2. The van der Waals surface area contributed by atoms with E-state index >= 15 is 0 Å². The standard InChI is InChI=1S/C26H26N6O3S2/c1-35-23-15-19(10-11-20(23)30-37(2,33)34)32-25(24(29-26(32)36)21-8-3-4-13-28-21)22-9-6-14-31(22)17-18-7-5-12-27-16-18/h3-16,24-25,30H,17H2,1-2H3,(H,29,36). The van der Waals surface area contributed by atoms with Crippen LogP contribution in [-0.4, -0.2) is 41.4 Å². The third-order valence-corrected chi connectivity index (χ3v) is 7.01. The van der Waals surface area contributed by atoms with Crippen LogP contribution in [0.5, 0.6) is 5.75 Å². The number of thiocarbonyl (C=S) groups is 1. The monoisotopic (exact) mass is 534 g/mol. The van der Waals surface area contributed by atoms with Crippen molar-refractivity contribution in [3.63, 3.8) is 0 Å². The molecule has 2 atom stereocenters. The van der Waals surface area contributed by atoms with Gasteiger partial charge in [0.15, 0.2) is 5.11 Å². The van der Waals surface area contributed by atoms with Gasteiger partial charge in [-0.3, -0.25) is 14.7 Å². The first-order valence-electron chi connectivity index (χ1n) is 11.5. The Morgan fingerprint density at radius 3 is 2.68 bits per heavy atom. The van der Waals surface area contributed by atoms with Crippen LogP contribution in [0.4, 0.5) is 11.4 Å². The molecule has 37 heavy (non-hydrogen) atoms. The predicted octanol–water partition coefficient (Wildman–Crippen LogP) is 3.88. The average molecular weight is 535 g/mol. The largest absolute Gasteiger partial charge is 0.494 e.